The number of amides is 1. The summed E-state index contributed by atoms with van der Waals surface area (Å²) in [4.78, 5) is 11.9. The summed E-state index contributed by atoms with van der Waals surface area (Å²) in [5.41, 5.74) is 1.93. The Morgan fingerprint density at radius 3 is 3.06 bits per heavy atom. The standard InChI is InChI=1S/C12H15BrN2O2/c1-8-2-3-10(9(13)6-8)15-12(16)11-7-17-5-4-14-11/h2-3,6,11,14H,4-5,7H2,1H3,(H,15,16). The zero-order valence-corrected chi connectivity index (χ0v) is 11.2. The number of hydrogen-bond acceptors (Lipinski definition) is 3. The van der Waals surface area contributed by atoms with Crippen molar-refractivity contribution in [1.82, 2.24) is 5.32 Å². The van der Waals surface area contributed by atoms with Crippen LogP contribution in [0.1, 0.15) is 5.56 Å². The van der Waals surface area contributed by atoms with E-state index in [-0.39, 0.29) is 11.9 Å². The highest BCUT2D eigenvalue weighted by Crippen LogP contribution is 2.23. The van der Waals surface area contributed by atoms with E-state index in [1.807, 2.05) is 25.1 Å². The summed E-state index contributed by atoms with van der Waals surface area (Å²) in [6.45, 7) is 3.81. The molecular formula is C12H15BrN2O2. The van der Waals surface area contributed by atoms with Gasteiger partial charge < -0.3 is 15.4 Å². The Morgan fingerprint density at radius 1 is 1.59 bits per heavy atom. The predicted molar refractivity (Wildman–Crippen MR) is 70.1 cm³/mol. The average Bonchev–Trinajstić information content (AvgIpc) is 2.34. The Balaban J connectivity index is 2.02. The van der Waals surface area contributed by atoms with Gasteiger partial charge in [-0.3, -0.25) is 4.79 Å². The molecule has 0 aromatic heterocycles. The van der Waals surface area contributed by atoms with Gasteiger partial charge in [0.2, 0.25) is 5.91 Å². The lowest BCUT2D eigenvalue weighted by Gasteiger charge is -2.23. The molecule has 0 saturated carbocycles. The molecule has 1 aliphatic rings. The van der Waals surface area contributed by atoms with Crippen molar-refractivity contribution in [3.05, 3.63) is 28.2 Å². The van der Waals surface area contributed by atoms with Crippen molar-refractivity contribution < 1.29 is 9.53 Å². The molecule has 1 aromatic carbocycles. The van der Waals surface area contributed by atoms with E-state index < -0.39 is 0 Å². The molecule has 1 heterocycles. The summed E-state index contributed by atoms with van der Waals surface area (Å²) >= 11 is 3.43. The van der Waals surface area contributed by atoms with Crippen molar-refractivity contribution in [3.8, 4) is 0 Å². The van der Waals surface area contributed by atoms with Gasteiger partial charge in [-0.2, -0.15) is 0 Å². The molecule has 1 amide bonds. The Kier molecular flexibility index (Phi) is 4.15. The van der Waals surface area contributed by atoms with Crippen LogP contribution in [-0.2, 0) is 9.53 Å². The fourth-order valence-corrected chi connectivity index (χ4v) is 2.27. The van der Waals surface area contributed by atoms with Crippen LogP contribution in [0, 0.1) is 6.92 Å². The first-order valence-electron chi connectivity index (χ1n) is 5.55. The number of benzene rings is 1. The largest absolute Gasteiger partial charge is 0.378 e. The number of nitrogens with one attached hydrogen (secondary N) is 2. The van der Waals surface area contributed by atoms with Gasteiger partial charge in [0.25, 0.3) is 0 Å². The normalized spacial score (nSPS) is 20.0. The van der Waals surface area contributed by atoms with Crippen molar-refractivity contribution in [2.24, 2.45) is 0 Å². The highest BCUT2D eigenvalue weighted by Gasteiger charge is 2.21. The second-order valence-corrected chi connectivity index (χ2v) is 4.91. The first kappa shape index (κ1) is 12.5. The SMILES string of the molecule is Cc1ccc(NC(=O)C2COCCN2)c(Br)c1. The van der Waals surface area contributed by atoms with Crippen molar-refractivity contribution >= 4 is 27.5 Å². The third-order valence-corrected chi connectivity index (χ3v) is 3.28. The number of halogens is 1. The average molecular weight is 299 g/mol. The van der Waals surface area contributed by atoms with Crippen molar-refractivity contribution in [2.75, 3.05) is 25.1 Å². The maximum absolute atomic E-state index is 11.9. The number of hydrogen-bond donors (Lipinski definition) is 2. The lowest BCUT2D eigenvalue weighted by molar-refractivity contribution is -0.120. The molecule has 1 aromatic rings. The molecule has 1 unspecified atom stereocenters. The Labute approximate surface area is 109 Å². The van der Waals surface area contributed by atoms with Crippen LogP contribution in [0.5, 0.6) is 0 Å². The van der Waals surface area contributed by atoms with Crippen molar-refractivity contribution in [3.63, 3.8) is 0 Å². The minimum Gasteiger partial charge on any atom is -0.378 e. The van der Waals surface area contributed by atoms with E-state index in [2.05, 4.69) is 26.6 Å². The van der Waals surface area contributed by atoms with Gasteiger partial charge in [-0.05, 0) is 40.5 Å². The third-order valence-electron chi connectivity index (χ3n) is 2.62. The predicted octanol–water partition coefficient (Wildman–Crippen LogP) is 1.68. The van der Waals surface area contributed by atoms with Crippen LogP contribution in [0.4, 0.5) is 5.69 Å². The van der Waals surface area contributed by atoms with Gasteiger partial charge in [0, 0.05) is 11.0 Å². The van der Waals surface area contributed by atoms with E-state index in [1.165, 1.54) is 0 Å². The first-order valence-corrected chi connectivity index (χ1v) is 6.34. The topological polar surface area (TPSA) is 50.4 Å². The monoisotopic (exact) mass is 298 g/mol. The quantitative estimate of drug-likeness (QED) is 0.873. The van der Waals surface area contributed by atoms with Gasteiger partial charge >= 0.3 is 0 Å². The molecule has 0 radical (unpaired) electrons. The van der Waals surface area contributed by atoms with Crippen LogP contribution in [0.25, 0.3) is 0 Å². The highest BCUT2D eigenvalue weighted by molar-refractivity contribution is 9.10. The van der Waals surface area contributed by atoms with Crippen LogP contribution in [0.2, 0.25) is 0 Å². The maximum Gasteiger partial charge on any atom is 0.243 e. The fourth-order valence-electron chi connectivity index (χ4n) is 1.68. The van der Waals surface area contributed by atoms with Crippen LogP contribution in [0.3, 0.4) is 0 Å². The van der Waals surface area contributed by atoms with Crippen LogP contribution in [-0.4, -0.2) is 31.7 Å². The summed E-state index contributed by atoms with van der Waals surface area (Å²) in [6, 6.07) is 5.56. The number of rotatable bonds is 2. The van der Waals surface area contributed by atoms with Gasteiger partial charge in [-0.25, -0.2) is 0 Å². The lowest BCUT2D eigenvalue weighted by Crippen LogP contribution is -2.48. The van der Waals surface area contributed by atoms with E-state index in [1.54, 1.807) is 0 Å². The smallest absolute Gasteiger partial charge is 0.243 e. The summed E-state index contributed by atoms with van der Waals surface area (Å²) in [5, 5.41) is 6.00. The van der Waals surface area contributed by atoms with Gasteiger partial charge in [-0.1, -0.05) is 6.07 Å². The van der Waals surface area contributed by atoms with Gasteiger partial charge in [0.1, 0.15) is 6.04 Å². The van der Waals surface area contributed by atoms with Gasteiger partial charge in [0.05, 0.1) is 18.9 Å². The van der Waals surface area contributed by atoms with Gasteiger partial charge in [0.15, 0.2) is 0 Å². The Morgan fingerprint density at radius 2 is 2.41 bits per heavy atom. The molecule has 0 bridgehead atoms. The lowest BCUT2D eigenvalue weighted by atomic mass is 10.2. The van der Waals surface area contributed by atoms with Crippen LogP contribution < -0.4 is 10.6 Å². The molecule has 1 fully saturated rings. The van der Waals surface area contributed by atoms with E-state index in [0.29, 0.717) is 19.8 Å². The molecule has 17 heavy (non-hydrogen) atoms. The fraction of sp³-hybridized carbons (Fsp3) is 0.417. The summed E-state index contributed by atoms with van der Waals surface area (Å²) in [7, 11) is 0. The molecule has 1 aliphatic heterocycles. The number of morpholine rings is 1. The first-order chi connectivity index (χ1) is 8.16. The molecule has 1 atom stereocenters. The molecule has 0 spiro atoms. The number of aryl methyl sites for hydroxylation is 1. The number of anilines is 1. The molecule has 0 aliphatic carbocycles. The van der Waals surface area contributed by atoms with E-state index in [9.17, 15) is 4.79 Å². The second kappa shape index (κ2) is 5.62. The summed E-state index contributed by atoms with van der Waals surface area (Å²) in [5.74, 6) is -0.0609. The maximum atomic E-state index is 11.9. The van der Waals surface area contributed by atoms with E-state index in [4.69, 9.17) is 4.74 Å². The molecule has 4 nitrogen and oxygen atoms in total. The summed E-state index contributed by atoms with van der Waals surface area (Å²) in [6.07, 6.45) is 0. The second-order valence-electron chi connectivity index (χ2n) is 4.05. The van der Waals surface area contributed by atoms with Crippen LogP contribution >= 0.6 is 15.9 Å². The van der Waals surface area contributed by atoms with Crippen LogP contribution in [0.15, 0.2) is 22.7 Å². The number of carbonyl (C=O) groups is 1. The Hall–Kier alpha value is -0.910. The number of carbonyl (C=O) groups excluding carboxylic acids is 1. The summed E-state index contributed by atoms with van der Waals surface area (Å²) < 4.78 is 6.15. The highest BCUT2D eigenvalue weighted by atomic mass is 79.9. The zero-order chi connectivity index (χ0) is 12.3. The Bertz CT molecular complexity index is 417. The molecule has 1 saturated heterocycles. The molecule has 2 N–H and O–H groups in total. The minimum absolute atomic E-state index is 0.0609. The number of ether oxygens (including phenoxy) is 1. The minimum atomic E-state index is -0.267. The van der Waals surface area contributed by atoms with E-state index >= 15 is 0 Å². The third kappa shape index (κ3) is 3.28. The molecule has 2 rings (SSSR count). The zero-order valence-electron chi connectivity index (χ0n) is 9.63. The molecule has 92 valence electrons. The van der Waals surface area contributed by atoms with Crippen molar-refractivity contribution in [2.45, 2.75) is 13.0 Å². The van der Waals surface area contributed by atoms with E-state index in [0.717, 1.165) is 15.7 Å². The molecule has 5 heteroatoms. The van der Waals surface area contributed by atoms with Crippen molar-refractivity contribution in [1.29, 1.82) is 0 Å². The van der Waals surface area contributed by atoms with Gasteiger partial charge in [-0.15, -0.1) is 0 Å². The molecular weight excluding hydrogens is 284 g/mol.